The molecule has 0 radical (unpaired) electrons. The molecular formula is C14H13ClN6O. The Labute approximate surface area is 131 Å². The topological polar surface area (TPSA) is 78.5 Å². The third kappa shape index (κ3) is 2.75. The van der Waals surface area contributed by atoms with Gasteiger partial charge in [0.15, 0.2) is 5.82 Å². The number of aromatic nitrogens is 6. The van der Waals surface area contributed by atoms with Crippen LogP contribution in [0.3, 0.4) is 0 Å². The van der Waals surface area contributed by atoms with Crippen molar-refractivity contribution < 1.29 is 4.79 Å². The van der Waals surface area contributed by atoms with Crippen LogP contribution in [0.5, 0.6) is 0 Å². The molecule has 0 fully saturated rings. The SMILES string of the molecule is Cc1cc(-n2ccc(-n3nccn3)n2)c(CCC=O)c(Cl)n1. The van der Waals surface area contributed by atoms with Crippen molar-refractivity contribution in [3.63, 3.8) is 0 Å². The minimum atomic E-state index is 0.381. The van der Waals surface area contributed by atoms with Gasteiger partial charge in [0.2, 0.25) is 0 Å². The Morgan fingerprint density at radius 3 is 2.82 bits per heavy atom. The maximum Gasteiger partial charge on any atom is 0.196 e. The molecule has 0 atom stereocenters. The number of carbonyl (C=O) groups excluding carboxylic acids is 1. The highest BCUT2D eigenvalue weighted by Crippen LogP contribution is 2.24. The lowest BCUT2D eigenvalue weighted by Gasteiger charge is -2.11. The van der Waals surface area contributed by atoms with Crippen LogP contribution in [0.15, 0.2) is 30.7 Å². The quantitative estimate of drug-likeness (QED) is 0.531. The van der Waals surface area contributed by atoms with Crippen molar-refractivity contribution >= 4 is 17.9 Å². The summed E-state index contributed by atoms with van der Waals surface area (Å²) in [5, 5.41) is 12.9. The van der Waals surface area contributed by atoms with Crippen LogP contribution in [0, 0.1) is 6.92 Å². The van der Waals surface area contributed by atoms with Crippen LogP contribution < -0.4 is 0 Å². The lowest BCUT2D eigenvalue weighted by molar-refractivity contribution is -0.107. The fraction of sp³-hybridized carbons (Fsp3) is 0.214. The van der Waals surface area contributed by atoms with Gasteiger partial charge in [0.1, 0.15) is 11.4 Å². The van der Waals surface area contributed by atoms with Gasteiger partial charge >= 0.3 is 0 Å². The molecule has 0 aliphatic carbocycles. The minimum absolute atomic E-state index is 0.381. The summed E-state index contributed by atoms with van der Waals surface area (Å²) in [5.41, 5.74) is 2.38. The fourth-order valence-corrected chi connectivity index (χ4v) is 2.50. The highest BCUT2D eigenvalue weighted by Gasteiger charge is 2.13. The van der Waals surface area contributed by atoms with Gasteiger partial charge in [-0.2, -0.15) is 10.2 Å². The zero-order chi connectivity index (χ0) is 15.5. The summed E-state index contributed by atoms with van der Waals surface area (Å²) in [6.45, 7) is 1.86. The van der Waals surface area contributed by atoms with E-state index >= 15 is 0 Å². The Balaban J connectivity index is 2.05. The molecule has 0 aromatic carbocycles. The first kappa shape index (κ1) is 14.4. The predicted octanol–water partition coefficient (Wildman–Crippen LogP) is 1.94. The summed E-state index contributed by atoms with van der Waals surface area (Å²) < 4.78 is 1.69. The summed E-state index contributed by atoms with van der Waals surface area (Å²) in [4.78, 5) is 16.3. The molecule has 0 aliphatic rings. The van der Waals surface area contributed by atoms with Gasteiger partial charge in [-0.1, -0.05) is 11.6 Å². The number of carbonyl (C=O) groups is 1. The van der Waals surface area contributed by atoms with Crippen molar-refractivity contribution in [2.75, 3.05) is 0 Å². The van der Waals surface area contributed by atoms with Crippen LogP contribution in [0.25, 0.3) is 11.5 Å². The molecule has 0 N–H and O–H groups in total. The second kappa shape index (κ2) is 6.07. The predicted molar refractivity (Wildman–Crippen MR) is 80.4 cm³/mol. The maximum absolute atomic E-state index is 10.7. The van der Waals surface area contributed by atoms with Crippen LogP contribution in [-0.4, -0.2) is 36.0 Å². The van der Waals surface area contributed by atoms with E-state index in [2.05, 4.69) is 20.3 Å². The highest BCUT2D eigenvalue weighted by molar-refractivity contribution is 6.30. The van der Waals surface area contributed by atoms with Gasteiger partial charge in [-0.3, -0.25) is 0 Å². The van der Waals surface area contributed by atoms with E-state index in [4.69, 9.17) is 11.6 Å². The van der Waals surface area contributed by atoms with E-state index in [1.807, 2.05) is 13.0 Å². The number of aryl methyl sites for hydroxylation is 1. The van der Waals surface area contributed by atoms with E-state index in [1.165, 1.54) is 4.80 Å². The van der Waals surface area contributed by atoms with Crippen molar-refractivity contribution in [3.05, 3.63) is 47.1 Å². The van der Waals surface area contributed by atoms with E-state index in [1.54, 1.807) is 29.3 Å². The van der Waals surface area contributed by atoms with Gasteiger partial charge in [0.25, 0.3) is 0 Å². The van der Waals surface area contributed by atoms with Gasteiger partial charge < -0.3 is 4.79 Å². The van der Waals surface area contributed by atoms with E-state index in [9.17, 15) is 4.79 Å². The van der Waals surface area contributed by atoms with E-state index in [-0.39, 0.29) is 0 Å². The largest absolute Gasteiger partial charge is 0.303 e. The summed E-state index contributed by atoms with van der Waals surface area (Å²) in [6.07, 6.45) is 6.73. The average Bonchev–Trinajstić information content (AvgIpc) is 3.16. The molecule has 22 heavy (non-hydrogen) atoms. The summed E-state index contributed by atoms with van der Waals surface area (Å²) in [5.74, 6) is 0.594. The number of nitrogens with zero attached hydrogens (tertiary/aromatic N) is 6. The molecule has 112 valence electrons. The second-order valence-electron chi connectivity index (χ2n) is 4.69. The summed E-state index contributed by atoms with van der Waals surface area (Å²) >= 11 is 6.23. The van der Waals surface area contributed by atoms with Gasteiger partial charge in [0, 0.05) is 29.9 Å². The smallest absolute Gasteiger partial charge is 0.196 e. The molecule has 3 aromatic rings. The first-order valence-corrected chi connectivity index (χ1v) is 7.09. The average molecular weight is 317 g/mol. The fourth-order valence-electron chi connectivity index (χ4n) is 2.17. The third-order valence-electron chi connectivity index (χ3n) is 3.14. The van der Waals surface area contributed by atoms with Gasteiger partial charge in [-0.25, -0.2) is 9.67 Å². The van der Waals surface area contributed by atoms with Crippen LogP contribution >= 0.6 is 11.6 Å². The Bertz CT molecular complexity index is 796. The third-order valence-corrected chi connectivity index (χ3v) is 3.45. The van der Waals surface area contributed by atoms with Crippen LogP contribution in [0.2, 0.25) is 5.15 Å². The molecule has 0 saturated carbocycles. The zero-order valence-electron chi connectivity index (χ0n) is 11.8. The van der Waals surface area contributed by atoms with Crippen molar-refractivity contribution in [2.24, 2.45) is 0 Å². The van der Waals surface area contributed by atoms with Crippen molar-refractivity contribution in [3.8, 4) is 11.5 Å². The second-order valence-corrected chi connectivity index (χ2v) is 5.05. The maximum atomic E-state index is 10.7. The summed E-state index contributed by atoms with van der Waals surface area (Å²) in [7, 11) is 0. The standard InChI is InChI=1S/C14H13ClN6O/c1-10-9-12(11(3-2-8-22)14(15)18-10)20-7-4-13(19-20)21-16-5-6-17-21/h4-9H,2-3H2,1H3. The molecule has 3 heterocycles. The summed E-state index contributed by atoms with van der Waals surface area (Å²) in [6, 6.07) is 3.69. The van der Waals surface area contributed by atoms with Gasteiger partial charge in [-0.05, 0) is 19.4 Å². The monoisotopic (exact) mass is 316 g/mol. The number of rotatable bonds is 5. The van der Waals surface area contributed by atoms with E-state index in [0.717, 1.165) is 23.2 Å². The Morgan fingerprint density at radius 2 is 2.09 bits per heavy atom. The minimum Gasteiger partial charge on any atom is -0.303 e. The molecular weight excluding hydrogens is 304 g/mol. The lowest BCUT2D eigenvalue weighted by Crippen LogP contribution is -2.06. The van der Waals surface area contributed by atoms with Crippen LogP contribution in [-0.2, 0) is 11.2 Å². The highest BCUT2D eigenvalue weighted by atomic mass is 35.5. The van der Waals surface area contributed by atoms with Crippen LogP contribution in [0.4, 0.5) is 0 Å². The van der Waals surface area contributed by atoms with Gasteiger partial charge in [-0.15, -0.1) is 9.90 Å². The number of pyridine rings is 1. The Morgan fingerprint density at radius 1 is 1.32 bits per heavy atom. The molecule has 7 nitrogen and oxygen atoms in total. The zero-order valence-corrected chi connectivity index (χ0v) is 12.6. The van der Waals surface area contributed by atoms with Crippen molar-refractivity contribution in [2.45, 2.75) is 19.8 Å². The number of aldehydes is 1. The van der Waals surface area contributed by atoms with E-state index in [0.29, 0.717) is 23.8 Å². The molecule has 0 bridgehead atoms. The van der Waals surface area contributed by atoms with Crippen molar-refractivity contribution in [1.82, 2.24) is 29.8 Å². The van der Waals surface area contributed by atoms with Gasteiger partial charge in [0.05, 0.1) is 18.1 Å². The Hall–Kier alpha value is -2.54. The number of halogens is 1. The molecule has 3 rings (SSSR count). The normalized spacial score (nSPS) is 10.8. The molecule has 8 heteroatoms. The molecule has 0 amide bonds. The first-order chi connectivity index (χ1) is 10.7. The Kier molecular flexibility index (Phi) is 3.97. The van der Waals surface area contributed by atoms with Crippen LogP contribution in [0.1, 0.15) is 17.7 Å². The number of hydrogen-bond donors (Lipinski definition) is 0. The number of hydrogen-bond acceptors (Lipinski definition) is 5. The molecule has 0 saturated heterocycles. The molecule has 3 aromatic heterocycles. The molecule has 0 spiro atoms. The van der Waals surface area contributed by atoms with Crippen molar-refractivity contribution in [1.29, 1.82) is 0 Å². The lowest BCUT2D eigenvalue weighted by atomic mass is 10.1. The molecule has 0 unspecified atom stereocenters. The first-order valence-electron chi connectivity index (χ1n) is 6.71. The van der Waals surface area contributed by atoms with E-state index < -0.39 is 0 Å². The molecule has 0 aliphatic heterocycles.